The third-order valence-corrected chi connectivity index (χ3v) is 6.30. The van der Waals surface area contributed by atoms with Crippen LogP contribution in [0.25, 0.3) is 6.08 Å². The second-order valence-corrected chi connectivity index (χ2v) is 9.28. The molecule has 0 unspecified atom stereocenters. The number of rotatable bonds is 9. The molecule has 0 saturated heterocycles. The standard InChI is InChI=1S/C24H28N2O5S/c27-23(26(21-12-6-2-7-13-21)22-14-8-3-9-15-22)19-31-24(28)18-25-32(29,30)17-16-20-10-4-1-5-11-20/h1-2,4-7,10-13,16-17,22,25H,3,8-9,14-15,18-19H2/b17-16+. The minimum absolute atomic E-state index is 0.0685. The van der Waals surface area contributed by atoms with Gasteiger partial charge in [-0.25, -0.2) is 13.1 Å². The van der Waals surface area contributed by atoms with Crippen molar-refractivity contribution in [2.75, 3.05) is 18.1 Å². The number of carbonyl (C=O) groups is 2. The number of para-hydroxylation sites is 1. The predicted molar refractivity (Wildman–Crippen MR) is 124 cm³/mol. The van der Waals surface area contributed by atoms with Crippen LogP contribution in [0.5, 0.6) is 0 Å². The summed E-state index contributed by atoms with van der Waals surface area (Å²) in [6.07, 6.45) is 6.50. The van der Waals surface area contributed by atoms with Crippen molar-refractivity contribution in [1.29, 1.82) is 0 Å². The molecule has 1 aliphatic carbocycles. The first kappa shape index (κ1) is 23.7. The fourth-order valence-electron chi connectivity index (χ4n) is 3.69. The monoisotopic (exact) mass is 456 g/mol. The van der Waals surface area contributed by atoms with Crippen LogP contribution in [0, 0.1) is 0 Å². The lowest BCUT2D eigenvalue weighted by atomic mass is 9.93. The van der Waals surface area contributed by atoms with Crippen molar-refractivity contribution in [3.05, 3.63) is 71.6 Å². The summed E-state index contributed by atoms with van der Waals surface area (Å²) >= 11 is 0. The minimum Gasteiger partial charge on any atom is -0.455 e. The van der Waals surface area contributed by atoms with Crippen molar-refractivity contribution in [2.45, 2.75) is 38.1 Å². The molecule has 0 aromatic heterocycles. The summed E-state index contributed by atoms with van der Waals surface area (Å²) < 4.78 is 31.4. The highest BCUT2D eigenvalue weighted by Crippen LogP contribution is 2.27. The van der Waals surface area contributed by atoms with Crippen LogP contribution < -0.4 is 9.62 Å². The Labute approximate surface area is 189 Å². The van der Waals surface area contributed by atoms with Gasteiger partial charge in [-0.1, -0.05) is 67.8 Å². The number of esters is 1. The molecule has 0 atom stereocenters. The fourth-order valence-corrected chi connectivity index (χ4v) is 4.44. The molecule has 2 aromatic rings. The maximum absolute atomic E-state index is 12.9. The second-order valence-electron chi connectivity index (χ2n) is 7.63. The van der Waals surface area contributed by atoms with Gasteiger partial charge in [0.15, 0.2) is 6.61 Å². The zero-order valence-electron chi connectivity index (χ0n) is 17.9. The maximum atomic E-state index is 12.9. The van der Waals surface area contributed by atoms with Crippen molar-refractivity contribution in [2.24, 2.45) is 0 Å². The summed E-state index contributed by atoms with van der Waals surface area (Å²) in [4.78, 5) is 26.7. The number of ether oxygens (including phenoxy) is 1. The van der Waals surface area contributed by atoms with Gasteiger partial charge in [-0.05, 0) is 36.6 Å². The van der Waals surface area contributed by atoms with Crippen LogP contribution in [-0.4, -0.2) is 39.5 Å². The molecular weight excluding hydrogens is 428 g/mol. The smallest absolute Gasteiger partial charge is 0.321 e. The Bertz CT molecular complexity index is 1020. The summed E-state index contributed by atoms with van der Waals surface area (Å²) in [6, 6.07) is 18.3. The maximum Gasteiger partial charge on any atom is 0.321 e. The lowest BCUT2D eigenvalue weighted by molar-refractivity contribution is -0.146. The van der Waals surface area contributed by atoms with Crippen LogP contribution >= 0.6 is 0 Å². The molecule has 170 valence electrons. The molecule has 3 rings (SSSR count). The highest BCUT2D eigenvalue weighted by Gasteiger charge is 2.27. The molecule has 0 radical (unpaired) electrons. The minimum atomic E-state index is -3.82. The molecule has 0 bridgehead atoms. The van der Waals surface area contributed by atoms with Gasteiger partial charge in [-0.2, -0.15) is 0 Å². The van der Waals surface area contributed by atoms with Gasteiger partial charge >= 0.3 is 5.97 Å². The molecule has 2 aromatic carbocycles. The van der Waals surface area contributed by atoms with Crippen LogP contribution in [0.1, 0.15) is 37.7 Å². The zero-order valence-corrected chi connectivity index (χ0v) is 18.7. The molecule has 32 heavy (non-hydrogen) atoms. The number of sulfonamides is 1. The van der Waals surface area contributed by atoms with Gasteiger partial charge in [-0.15, -0.1) is 0 Å². The number of nitrogens with zero attached hydrogens (tertiary/aromatic N) is 1. The highest BCUT2D eigenvalue weighted by atomic mass is 32.2. The Hall–Kier alpha value is -2.97. The van der Waals surface area contributed by atoms with Gasteiger partial charge < -0.3 is 9.64 Å². The number of anilines is 1. The van der Waals surface area contributed by atoms with Gasteiger partial charge in [0.25, 0.3) is 5.91 Å². The van der Waals surface area contributed by atoms with Crippen LogP contribution in [0.3, 0.4) is 0 Å². The van der Waals surface area contributed by atoms with Crippen molar-refractivity contribution in [1.82, 2.24) is 4.72 Å². The summed E-state index contributed by atoms with van der Waals surface area (Å²) in [5, 5.41) is 0.987. The first-order valence-corrected chi connectivity index (χ1v) is 12.2. The van der Waals surface area contributed by atoms with Gasteiger partial charge in [0.2, 0.25) is 10.0 Å². The normalized spacial score (nSPS) is 14.9. The van der Waals surface area contributed by atoms with E-state index in [2.05, 4.69) is 4.72 Å². The van der Waals surface area contributed by atoms with Crippen molar-refractivity contribution in [3.8, 4) is 0 Å². The molecule has 1 N–H and O–H groups in total. The molecule has 1 saturated carbocycles. The second kappa shape index (κ2) is 11.6. The molecule has 0 heterocycles. The Morgan fingerprint density at radius 2 is 1.59 bits per heavy atom. The Morgan fingerprint density at radius 1 is 0.969 bits per heavy atom. The molecular formula is C24H28N2O5S. The van der Waals surface area contributed by atoms with E-state index in [1.54, 1.807) is 29.2 Å². The fraction of sp³-hybridized carbons (Fsp3) is 0.333. The average molecular weight is 457 g/mol. The van der Waals surface area contributed by atoms with E-state index in [4.69, 9.17) is 4.74 Å². The summed E-state index contributed by atoms with van der Waals surface area (Å²) in [6.45, 7) is -0.991. The van der Waals surface area contributed by atoms with Gasteiger partial charge in [0.1, 0.15) is 6.54 Å². The number of carbonyl (C=O) groups excluding carboxylic acids is 2. The summed E-state index contributed by atoms with van der Waals surface area (Å²) in [7, 11) is -3.82. The Balaban J connectivity index is 1.53. The number of nitrogens with one attached hydrogen (secondary N) is 1. The number of hydrogen-bond acceptors (Lipinski definition) is 5. The first-order valence-electron chi connectivity index (χ1n) is 10.7. The lowest BCUT2D eigenvalue weighted by Crippen LogP contribution is -2.44. The molecule has 7 nitrogen and oxygen atoms in total. The van der Waals surface area contributed by atoms with Crippen molar-refractivity contribution in [3.63, 3.8) is 0 Å². The van der Waals surface area contributed by atoms with E-state index in [9.17, 15) is 18.0 Å². The molecule has 0 spiro atoms. The van der Waals surface area contributed by atoms with E-state index in [0.29, 0.717) is 0 Å². The van der Waals surface area contributed by atoms with Crippen LogP contribution in [0.4, 0.5) is 5.69 Å². The third kappa shape index (κ3) is 7.32. The first-order chi connectivity index (χ1) is 15.4. The summed E-state index contributed by atoms with van der Waals surface area (Å²) in [5.74, 6) is -1.13. The van der Waals surface area contributed by atoms with Gasteiger partial charge in [0.05, 0.1) is 0 Å². The van der Waals surface area contributed by atoms with Crippen molar-refractivity contribution >= 4 is 33.7 Å². The highest BCUT2D eigenvalue weighted by molar-refractivity contribution is 7.92. The molecule has 1 amide bonds. The van der Waals surface area contributed by atoms with E-state index in [1.165, 1.54) is 6.08 Å². The quantitative estimate of drug-likeness (QED) is 0.583. The lowest BCUT2D eigenvalue weighted by Gasteiger charge is -2.34. The van der Waals surface area contributed by atoms with Gasteiger partial charge in [0, 0.05) is 17.1 Å². The topological polar surface area (TPSA) is 92.8 Å². The Kier molecular flexibility index (Phi) is 8.58. The van der Waals surface area contributed by atoms with Gasteiger partial charge in [-0.3, -0.25) is 9.59 Å². The van der Waals surface area contributed by atoms with E-state index >= 15 is 0 Å². The summed E-state index contributed by atoms with van der Waals surface area (Å²) in [5.41, 5.74) is 1.49. The molecule has 0 aliphatic heterocycles. The predicted octanol–water partition coefficient (Wildman–Crippen LogP) is 3.49. The number of benzene rings is 2. The van der Waals surface area contributed by atoms with E-state index in [0.717, 1.165) is 48.8 Å². The largest absolute Gasteiger partial charge is 0.455 e. The SMILES string of the molecule is O=C(CNS(=O)(=O)/C=C/c1ccccc1)OCC(=O)N(c1ccccc1)C1CCCCC1. The van der Waals surface area contributed by atoms with E-state index in [1.807, 2.05) is 36.4 Å². The molecule has 8 heteroatoms. The van der Waals surface area contributed by atoms with E-state index < -0.39 is 29.1 Å². The number of amides is 1. The van der Waals surface area contributed by atoms with Crippen LogP contribution in [0.2, 0.25) is 0 Å². The van der Waals surface area contributed by atoms with E-state index in [-0.39, 0.29) is 11.9 Å². The molecule has 1 fully saturated rings. The Morgan fingerprint density at radius 3 is 2.25 bits per heavy atom. The zero-order chi connectivity index (χ0) is 22.8. The molecule has 1 aliphatic rings. The van der Waals surface area contributed by atoms with Crippen LogP contribution in [-0.2, 0) is 24.3 Å². The average Bonchev–Trinajstić information content (AvgIpc) is 2.82. The third-order valence-electron chi connectivity index (χ3n) is 5.26. The van der Waals surface area contributed by atoms with Crippen LogP contribution in [0.15, 0.2) is 66.1 Å². The number of hydrogen-bond donors (Lipinski definition) is 1. The van der Waals surface area contributed by atoms with Crippen molar-refractivity contribution < 1.29 is 22.7 Å².